The van der Waals surface area contributed by atoms with E-state index in [-0.39, 0.29) is 0 Å². The Morgan fingerprint density at radius 1 is 1.12 bits per heavy atom. The fraction of sp³-hybridized carbons (Fsp3) is 1.00. The summed E-state index contributed by atoms with van der Waals surface area (Å²) in [6, 6.07) is 0.881. The van der Waals surface area contributed by atoms with Gasteiger partial charge in [-0.25, -0.2) is 0 Å². The maximum absolute atomic E-state index is 3.22. The Labute approximate surface area is 100 Å². The highest BCUT2D eigenvalue weighted by Crippen LogP contribution is 2.21. The molecule has 2 saturated heterocycles. The molecule has 0 amide bonds. The van der Waals surface area contributed by atoms with E-state index in [0.29, 0.717) is 0 Å². The highest BCUT2D eigenvalue weighted by Gasteiger charge is 2.28. The van der Waals surface area contributed by atoms with Gasteiger partial charge >= 0.3 is 0 Å². The van der Waals surface area contributed by atoms with Gasteiger partial charge in [0, 0.05) is 25.7 Å². The third-order valence-corrected chi connectivity index (χ3v) is 4.07. The third-order valence-electron chi connectivity index (χ3n) is 4.07. The van der Waals surface area contributed by atoms with E-state index in [1.54, 1.807) is 0 Å². The van der Waals surface area contributed by atoms with E-state index in [2.05, 4.69) is 15.1 Å². The minimum absolute atomic E-state index is 0.881. The van der Waals surface area contributed by atoms with Crippen LogP contribution in [0.5, 0.6) is 0 Å². The Hall–Kier alpha value is -0.120. The molecule has 0 bridgehead atoms. The van der Waals surface area contributed by atoms with Crippen LogP contribution in [-0.2, 0) is 0 Å². The van der Waals surface area contributed by atoms with Crippen LogP contribution >= 0.6 is 0 Å². The van der Waals surface area contributed by atoms with Gasteiger partial charge in [-0.15, -0.1) is 0 Å². The lowest BCUT2D eigenvalue weighted by Crippen LogP contribution is -2.54. The normalized spacial score (nSPS) is 27.9. The molecule has 1 unspecified atom stereocenters. The van der Waals surface area contributed by atoms with Crippen molar-refractivity contribution in [1.82, 2.24) is 15.1 Å². The van der Waals surface area contributed by atoms with Gasteiger partial charge in [0.2, 0.25) is 0 Å². The Bertz CT molecular complexity index is 196. The molecule has 0 saturated carbocycles. The monoisotopic (exact) mass is 225 g/mol. The molecular weight excluding hydrogens is 198 g/mol. The zero-order valence-corrected chi connectivity index (χ0v) is 10.7. The number of unbranched alkanes of at least 4 members (excludes halogenated alkanes) is 1. The number of hydrogen-bond acceptors (Lipinski definition) is 3. The van der Waals surface area contributed by atoms with Crippen LogP contribution in [0.1, 0.15) is 32.1 Å². The van der Waals surface area contributed by atoms with Gasteiger partial charge in [-0.3, -0.25) is 4.90 Å². The lowest BCUT2D eigenvalue weighted by Gasteiger charge is -2.44. The molecule has 1 atom stereocenters. The smallest absolute Gasteiger partial charge is 0.0223 e. The fourth-order valence-electron chi connectivity index (χ4n) is 3.06. The van der Waals surface area contributed by atoms with E-state index in [4.69, 9.17) is 0 Å². The standard InChI is InChI=1S/C13H27N3/c1-14-7-3-5-8-15-10-11-16-9-4-2-6-13(16)12-15/h13-14H,2-12H2,1H3. The van der Waals surface area contributed by atoms with Crippen LogP contribution < -0.4 is 5.32 Å². The predicted molar refractivity (Wildman–Crippen MR) is 68.8 cm³/mol. The molecule has 2 aliphatic heterocycles. The average Bonchev–Trinajstić information content (AvgIpc) is 2.34. The first kappa shape index (κ1) is 12.3. The molecule has 3 nitrogen and oxygen atoms in total. The number of nitrogens with one attached hydrogen (secondary N) is 1. The lowest BCUT2D eigenvalue weighted by atomic mass is 9.99. The van der Waals surface area contributed by atoms with Crippen LogP contribution in [0, 0.1) is 0 Å². The predicted octanol–water partition coefficient (Wildman–Crippen LogP) is 1.16. The summed E-state index contributed by atoms with van der Waals surface area (Å²) in [7, 11) is 2.04. The molecule has 16 heavy (non-hydrogen) atoms. The maximum atomic E-state index is 3.22. The quantitative estimate of drug-likeness (QED) is 0.708. The largest absolute Gasteiger partial charge is 0.320 e. The molecule has 0 aromatic carbocycles. The number of piperidine rings is 1. The second kappa shape index (κ2) is 6.58. The number of rotatable bonds is 5. The molecule has 0 aromatic rings. The van der Waals surface area contributed by atoms with E-state index in [9.17, 15) is 0 Å². The van der Waals surface area contributed by atoms with Crippen molar-refractivity contribution in [2.45, 2.75) is 38.1 Å². The van der Waals surface area contributed by atoms with Crippen molar-refractivity contribution in [1.29, 1.82) is 0 Å². The van der Waals surface area contributed by atoms with Crippen molar-refractivity contribution in [2.24, 2.45) is 0 Å². The SMILES string of the molecule is CNCCCCN1CCN2CCCCC2C1. The summed E-state index contributed by atoms with van der Waals surface area (Å²) in [6.45, 7) is 7.79. The highest BCUT2D eigenvalue weighted by atomic mass is 15.3. The van der Waals surface area contributed by atoms with Crippen LogP contribution in [0.2, 0.25) is 0 Å². The summed E-state index contributed by atoms with van der Waals surface area (Å²) < 4.78 is 0. The van der Waals surface area contributed by atoms with Gasteiger partial charge in [0.1, 0.15) is 0 Å². The summed E-state index contributed by atoms with van der Waals surface area (Å²) in [5.74, 6) is 0. The molecule has 94 valence electrons. The van der Waals surface area contributed by atoms with Gasteiger partial charge in [-0.2, -0.15) is 0 Å². The summed E-state index contributed by atoms with van der Waals surface area (Å²) in [5, 5.41) is 3.22. The summed E-state index contributed by atoms with van der Waals surface area (Å²) in [6.07, 6.45) is 7.00. The van der Waals surface area contributed by atoms with E-state index >= 15 is 0 Å². The summed E-state index contributed by atoms with van der Waals surface area (Å²) in [4.78, 5) is 5.40. The van der Waals surface area contributed by atoms with Gasteiger partial charge in [0.05, 0.1) is 0 Å². The van der Waals surface area contributed by atoms with E-state index in [0.717, 1.165) is 6.04 Å². The number of nitrogens with zero attached hydrogens (tertiary/aromatic N) is 2. The molecule has 0 aromatic heterocycles. The highest BCUT2D eigenvalue weighted by molar-refractivity contribution is 4.84. The topological polar surface area (TPSA) is 18.5 Å². The molecule has 0 spiro atoms. The Balaban J connectivity index is 1.65. The zero-order valence-electron chi connectivity index (χ0n) is 10.7. The van der Waals surface area contributed by atoms with Crippen LogP contribution in [0.25, 0.3) is 0 Å². The third kappa shape index (κ3) is 3.44. The Morgan fingerprint density at radius 2 is 2.06 bits per heavy atom. The maximum Gasteiger partial charge on any atom is 0.0223 e. The van der Waals surface area contributed by atoms with Gasteiger partial charge in [-0.05, 0) is 52.4 Å². The molecule has 2 heterocycles. The molecule has 0 aliphatic carbocycles. The Kier molecular flexibility index (Phi) is 5.07. The van der Waals surface area contributed by atoms with E-state index in [1.807, 2.05) is 7.05 Å². The molecular formula is C13H27N3. The second-order valence-corrected chi connectivity index (χ2v) is 5.30. The lowest BCUT2D eigenvalue weighted by molar-refractivity contribution is 0.0487. The van der Waals surface area contributed by atoms with Crippen molar-refractivity contribution in [3.63, 3.8) is 0 Å². The van der Waals surface area contributed by atoms with Crippen LogP contribution in [0.15, 0.2) is 0 Å². The van der Waals surface area contributed by atoms with E-state index in [1.165, 1.54) is 71.4 Å². The second-order valence-electron chi connectivity index (χ2n) is 5.30. The molecule has 2 fully saturated rings. The minimum Gasteiger partial charge on any atom is -0.320 e. The number of fused-ring (bicyclic) bond motifs is 1. The molecule has 1 N–H and O–H groups in total. The minimum atomic E-state index is 0.881. The van der Waals surface area contributed by atoms with Crippen molar-refractivity contribution >= 4 is 0 Å². The zero-order chi connectivity index (χ0) is 11.2. The van der Waals surface area contributed by atoms with Gasteiger partial charge in [0.25, 0.3) is 0 Å². The number of piperazine rings is 1. The molecule has 2 rings (SSSR count). The number of hydrogen-bond donors (Lipinski definition) is 1. The van der Waals surface area contributed by atoms with Crippen LogP contribution in [0.4, 0.5) is 0 Å². The van der Waals surface area contributed by atoms with Gasteiger partial charge < -0.3 is 10.2 Å². The summed E-state index contributed by atoms with van der Waals surface area (Å²) in [5.41, 5.74) is 0. The van der Waals surface area contributed by atoms with Gasteiger partial charge in [0.15, 0.2) is 0 Å². The first-order valence-electron chi connectivity index (χ1n) is 7.01. The fourth-order valence-corrected chi connectivity index (χ4v) is 3.06. The van der Waals surface area contributed by atoms with Crippen molar-refractivity contribution in [3.8, 4) is 0 Å². The Morgan fingerprint density at radius 3 is 2.94 bits per heavy atom. The van der Waals surface area contributed by atoms with Crippen LogP contribution in [0.3, 0.4) is 0 Å². The molecule has 0 radical (unpaired) electrons. The first-order chi connectivity index (χ1) is 7.90. The van der Waals surface area contributed by atoms with E-state index < -0.39 is 0 Å². The van der Waals surface area contributed by atoms with Crippen molar-refractivity contribution < 1.29 is 0 Å². The first-order valence-corrected chi connectivity index (χ1v) is 7.01. The van der Waals surface area contributed by atoms with Crippen molar-refractivity contribution in [3.05, 3.63) is 0 Å². The van der Waals surface area contributed by atoms with Crippen LogP contribution in [-0.4, -0.2) is 62.2 Å². The average molecular weight is 225 g/mol. The molecule has 3 heteroatoms. The van der Waals surface area contributed by atoms with Crippen molar-refractivity contribution in [2.75, 3.05) is 46.3 Å². The molecule has 2 aliphatic rings. The van der Waals surface area contributed by atoms with Gasteiger partial charge in [-0.1, -0.05) is 6.42 Å². The summed E-state index contributed by atoms with van der Waals surface area (Å²) >= 11 is 0.